The third-order valence-electron chi connectivity index (χ3n) is 3.59. The first kappa shape index (κ1) is 12.0. The number of carbonyl (C=O) groups is 1. The second-order valence-electron chi connectivity index (χ2n) is 4.75. The number of esters is 1. The summed E-state index contributed by atoms with van der Waals surface area (Å²) in [6.07, 6.45) is 5.25. The van der Waals surface area contributed by atoms with Crippen molar-refractivity contribution in [1.29, 1.82) is 0 Å². The van der Waals surface area contributed by atoms with Crippen LogP contribution >= 0.6 is 0 Å². The molecule has 0 bridgehead atoms. The predicted molar refractivity (Wildman–Crippen MR) is 70.8 cm³/mol. The number of hydrogen-bond donors (Lipinski definition) is 1. The molecule has 3 rings (SSSR count). The van der Waals surface area contributed by atoms with Gasteiger partial charge >= 0.3 is 5.97 Å². The van der Waals surface area contributed by atoms with Crippen LogP contribution in [0.5, 0.6) is 0 Å². The highest BCUT2D eigenvalue weighted by Gasteiger charge is 2.28. The number of piperidine rings is 1. The zero-order valence-electron chi connectivity index (χ0n) is 10.8. The molecule has 1 saturated heterocycles. The predicted octanol–water partition coefficient (Wildman–Crippen LogP) is 1.35. The summed E-state index contributed by atoms with van der Waals surface area (Å²) in [5.74, 6) is 0.687. The summed E-state index contributed by atoms with van der Waals surface area (Å²) in [5, 5.41) is 0.994. The topological polar surface area (TPSA) is 71.1 Å². The Balaban J connectivity index is 1.89. The zero-order chi connectivity index (χ0) is 13.2. The van der Waals surface area contributed by atoms with Crippen LogP contribution in [0, 0.1) is 5.92 Å². The van der Waals surface area contributed by atoms with Crippen LogP contribution in [0.15, 0.2) is 18.6 Å². The number of carbonyl (C=O) groups excluding carboxylic acids is 1. The largest absolute Gasteiger partial charge is 0.469 e. The Labute approximate surface area is 110 Å². The van der Waals surface area contributed by atoms with E-state index in [1.807, 2.05) is 12.3 Å². The van der Waals surface area contributed by atoms with Crippen LogP contribution in [0.3, 0.4) is 0 Å². The molecule has 6 heteroatoms. The minimum atomic E-state index is -0.135. The van der Waals surface area contributed by atoms with E-state index in [2.05, 4.69) is 19.9 Å². The molecule has 6 nitrogen and oxygen atoms in total. The van der Waals surface area contributed by atoms with Crippen LogP contribution in [0.25, 0.3) is 11.0 Å². The van der Waals surface area contributed by atoms with Crippen molar-refractivity contribution >= 4 is 22.8 Å². The summed E-state index contributed by atoms with van der Waals surface area (Å²) in [5.41, 5.74) is 0.824. The van der Waals surface area contributed by atoms with Gasteiger partial charge in [0.15, 0.2) is 0 Å². The number of aromatic nitrogens is 3. The van der Waals surface area contributed by atoms with Crippen LogP contribution in [0.4, 0.5) is 5.82 Å². The highest BCUT2D eigenvalue weighted by atomic mass is 16.5. The highest BCUT2D eigenvalue weighted by Crippen LogP contribution is 2.27. The second kappa shape index (κ2) is 4.87. The second-order valence-corrected chi connectivity index (χ2v) is 4.75. The number of H-pyrrole nitrogens is 1. The quantitative estimate of drug-likeness (QED) is 0.825. The van der Waals surface area contributed by atoms with Gasteiger partial charge in [0.2, 0.25) is 0 Å². The third-order valence-corrected chi connectivity index (χ3v) is 3.59. The molecule has 0 unspecified atom stereocenters. The Morgan fingerprint density at radius 1 is 1.53 bits per heavy atom. The minimum absolute atomic E-state index is 0.0669. The maximum absolute atomic E-state index is 11.7. The Kier molecular flexibility index (Phi) is 3.06. The molecule has 3 heterocycles. The Bertz CT molecular complexity index is 595. The number of anilines is 1. The lowest BCUT2D eigenvalue weighted by atomic mass is 9.98. The van der Waals surface area contributed by atoms with Gasteiger partial charge in [-0.1, -0.05) is 0 Å². The van der Waals surface area contributed by atoms with E-state index in [-0.39, 0.29) is 11.9 Å². The molecule has 1 N–H and O–H groups in total. The number of methoxy groups -OCH3 is 1. The first-order valence-electron chi connectivity index (χ1n) is 6.40. The van der Waals surface area contributed by atoms with Gasteiger partial charge in [0.1, 0.15) is 17.8 Å². The molecule has 100 valence electrons. The van der Waals surface area contributed by atoms with Crippen LogP contribution in [-0.4, -0.2) is 41.1 Å². The summed E-state index contributed by atoms with van der Waals surface area (Å²) in [7, 11) is 1.44. The van der Waals surface area contributed by atoms with Gasteiger partial charge in [-0.25, -0.2) is 9.97 Å². The molecule has 2 aromatic rings. The smallest absolute Gasteiger partial charge is 0.310 e. The fraction of sp³-hybridized carbons (Fsp3) is 0.462. The fourth-order valence-electron chi connectivity index (χ4n) is 2.64. The van der Waals surface area contributed by atoms with Gasteiger partial charge in [-0.3, -0.25) is 4.79 Å². The molecule has 1 aliphatic rings. The molecular weight excluding hydrogens is 244 g/mol. The molecule has 19 heavy (non-hydrogen) atoms. The SMILES string of the molecule is COC(=O)[C@@H]1CCCN(c2ncnc3[nH]ccc23)C1. The molecule has 0 spiro atoms. The number of nitrogens with one attached hydrogen (secondary N) is 1. The number of nitrogens with zero attached hydrogens (tertiary/aromatic N) is 3. The van der Waals surface area contributed by atoms with E-state index in [0.717, 1.165) is 36.2 Å². The van der Waals surface area contributed by atoms with Crippen molar-refractivity contribution in [1.82, 2.24) is 15.0 Å². The van der Waals surface area contributed by atoms with Gasteiger partial charge < -0.3 is 14.6 Å². The lowest BCUT2D eigenvalue weighted by Gasteiger charge is -2.32. The first-order valence-corrected chi connectivity index (χ1v) is 6.40. The van der Waals surface area contributed by atoms with Crippen molar-refractivity contribution in [3.63, 3.8) is 0 Å². The third kappa shape index (κ3) is 2.14. The Hall–Kier alpha value is -2.11. The Morgan fingerprint density at radius 3 is 3.26 bits per heavy atom. The van der Waals surface area contributed by atoms with Crippen molar-refractivity contribution in [2.45, 2.75) is 12.8 Å². The van der Waals surface area contributed by atoms with E-state index < -0.39 is 0 Å². The van der Waals surface area contributed by atoms with E-state index in [4.69, 9.17) is 4.74 Å². The number of rotatable bonds is 2. The Morgan fingerprint density at radius 2 is 2.42 bits per heavy atom. The molecular formula is C13H16N4O2. The van der Waals surface area contributed by atoms with E-state index in [0.29, 0.717) is 6.54 Å². The van der Waals surface area contributed by atoms with Crippen LogP contribution < -0.4 is 4.90 Å². The summed E-state index contributed by atoms with van der Waals surface area (Å²) < 4.78 is 4.84. The van der Waals surface area contributed by atoms with E-state index in [9.17, 15) is 4.79 Å². The average molecular weight is 260 g/mol. The summed E-state index contributed by atoms with van der Waals surface area (Å²) >= 11 is 0. The van der Waals surface area contributed by atoms with E-state index in [1.165, 1.54) is 7.11 Å². The van der Waals surface area contributed by atoms with Crippen LogP contribution in [0.2, 0.25) is 0 Å². The molecule has 1 fully saturated rings. The van der Waals surface area contributed by atoms with Crippen LogP contribution in [-0.2, 0) is 9.53 Å². The van der Waals surface area contributed by atoms with Gasteiger partial charge in [0.05, 0.1) is 18.4 Å². The normalized spacial score (nSPS) is 19.6. The number of hydrogen-bond acceptors (Lipinski definition) is 5. The number of fused-ring (bicyclic) bond motifs is 1. The molecule has 1 aliphatic heterocycles. The number of ether oxygens (including phenoxy) is 1. The molecule has 0 aliphatic carbocycles. The van der Waals surface area contributed by atoms with Gasteiger partial charge in [-0.15, -0.1) is 0 Å². The van der Waals surface area contributed by atoms with Gasteiger partial charge in [0, 0.05) is 19.3 Å². The monoisotopic (exact) mass is 260 g/mol. The summed E-state index contributed by atoms with van der Waals surface area (Å²) in [6, 6.07) is 1.96. The molecule has 0 saturated carbocycles. The van der Waals surface area contributed by atoms with Gasteiger partial charge in [-0.2, -0.15) is 0 Å². The minimum Gasteiger partial charge on any atom is -0.469 e. The van der Waals surface area contributed by atoms with E-state index >= 15 is 0 Å². The van der Waals surface area contributed by atoms with Crippen molar-refractivity contribution in [2.75, 3.05) is 25.1 Å². The lowest BCUT2D eigenvalue weighted by Crippen LogP contribution is -2.39. The molecule has 0 aromatic carbocycles. The van der Waals surface area contributed by atoms with Crippen LogP contribution in [0.1, 0.15) is 12.8 Å². The lowest BCUT2D eigenvalue weighted by molar-refractivity contribution is -0.145. The van der Waals surface area contributed by atoms with Crippen molar-refractivity contribution in [3.8, 4) is 0 Å². The number of aromatic amines is 1. The van der Waals surface area contributed by atoms with Gasteiger partial charge in [-0.05, 0) is 18.9 Å². The summed E-state index contributed by atoms with van der Waals surface area (Å²) in [4.78, 5) is 25.4. The van der Waals surface area contributed by atoms with Crippen molar-refractivity contribution in [3.05, 3.63) is 18.6 Å². The van der Waals surface area contributed by atoms with Crippen molar-refractivity contribution < 1.29 is 9.53 Å². The fourth-order valence-corrected chi connectivity index (χ4v) is 2.64. The highest BCUT2D eigenvalue weighted by molar-refractivity contribution is 5.87. The molecule has 0 amide bonds. The van der Waals surface area contributed by atoms with Crippen molar-refractivity contribution in [2.24, 2.45) is 5.92 Å². The maximum Gasteiger partial charge on any atom is 0.310 e. The van der Waals surface area contributed by atoms with Gasteiger partial charge in [0.25, 0.3) is 0 Å². The average Bonchev–Trinajstić information content (AvgIpc) is 2.94. The molecule has 0 radical (unpaired) electrons. The molecule has 1 atom stereocenters. The van der Waals surface area contributed by atoms with E-state index in [1.54, 1.807) is 6.33 Å². The zero-order valence-corrected chi connectivity index (χ0v) is 10.8. The standard InChI is InChI=1S/C13H16N4O2/c1-19-13(18)9-3-2-6-17(7-9)12-10-4-5-14-11(10)15-8-16-12/h4-5,8-9H,2-3,6-7H2,1H3,(H,14,15,16)/t9-/m1/s1. The maximum atomic E-state index is 11.7. The first-order chi connectivity index (χ1) is 9.29. The summed E-state index contributed by atoms with van der Waals surface area (Å²) in [6.45, 7) is 1.56. The molecule has 2 aromatic heterocycles.